The standard InChI is InChI=1S/C74H51N/c1-7-23-52(24-8-1)63-50-49-62(51-70(63)54-27-11-3-12-28-54)75(60-45-41-55(42-46-60)65-38-21-37-64(53-25-9-2-10-26-53)71(65)57-29-13-4-14-30-57)61-47-43-56(44-48-61)66-39-22-40-69-67-35-19-20-36-68(67)72(58-31-15-5-16-32-58)73(74(66)69)59-33-17-6-18-34-59/h1-51H. The van der Waals surface area contributed by atoms with Crippen LogP contribution in [0.25, 0.3) is 111 Å². The fraction of sp³-hybridized carbons (Fsp3) is 0. The normalized spacial score (nSPS) is 11.2. The molecule has 0 aliphatic heterocycles. The van der Waals surface area contributed by atoms with Crippen LogP contribution >= 0.6 is 0 Å². The van der Waals surface area contributed by atoms with Crippen molar-refractivity contribution in [2.45, 2.75) is 0 Å². The molecule has 0 aromatic heterocycles. The molecular weight excluding hydrogens is 903 g/mol. The minimum Gasteiger partial charge on any atom is -0.310 e. The summed E-state index contributed by atoms with van der Waals surface area (Å²) in [6.07, 6.45) is 0. The van der Waals surface area contributed by atoms with Gasteiger partial charge in [-0.05, 0) is 147 Å². The first-order valence-corrected chi connectivity index (χ1v) is 25.8. The Morgan fingerprint density at radius 2 is 0.520 bits per heavy atom. The summed E-state index contributed by atoms with van der Waals surface area (Å²) < 4.78 is 0. The van der Waals surface area contributed by atoms with Crippen molar-refractivity contribution in [2.75, 3.05) is 4.90 Å². The molecule has 13 aromatic carbocycles. The molecule has 1 heteroatoms. The van der Waals surface area contributed by atoms with Crippen LogP contribution in [0.3, 0.4) is 0 Å². The molecule has 75 heavy (non-hydrogen) atoms. The van der Waals surface area contributed by atoms with Gasteiger partial charge in [-0.2, -0.15) is 0 Å². The molecule has 0 amide bonds. The Morgan fingerprint density at radius 1 is 0.173 bits per heavy atom. The summed E-state index contributed by atoms with van der Waals surface area (Å²) in [5.41, 5.74) is 22.3. The lowest BCUT2D eigenvalue weighted by Crippen LogP contribution is -2.10. The Bertz CT molecular complexity index is 4100. The molecule has 0 bridgehead atoms. The van der Waals surface area contributed by atoms with Crippen LogP contribution in [0.5, 0.6) is 0 Å². The molecule has 0 unspecified atom stereocenters. The van der Waals surface area contributed by atoms with Crippen molar-refractivity contribution >= 4 is 38.6 Å². The number of hydrogen-bond acceptors (Lipinski definition) is 1. The fourth-order valence-corrected chi connectivity index (χ4v) is 11.3. The Balaban J connectivity index is 0.991. The van der Waals surface area contributed by atoms with Crippen LogP contribution in [0.1, 0.15) is 0 Å². The van der Waals surface area contributed by atoms with Gasteiger partial charge in [0, 0.05) is 17.1 Å². The van der Waals surface area contributed by atoms with E-state index in [4.69, 9.17) is 0 Å². The molecule has 0 saturated carbocycles. The summed E-state index contributed by atoms with van der Waals surface area (Å²) in [5, 5.41) is 4.98. The maximum atomic E-state index is 2.41. The minimum absolute atomic E-state index is 1.06. The van der Waals surface area contributed by atoms with Crippen LogP contribution in [0.15, 0.2) is 309 Å². The first-order chi connectivity index (χ1) is 37.2. The second-order valence-electron chi connectivity index (χ2n) is 19.1. The third-order valence-electron chi connectivity index (χ3n) is 14.7. The number of nitrogens with zero attached hydrogens (tertiary/aromatic N) is 1. The highest BCUT2D eigenvalue weighted by molar-refractivity contribution is 6.25. The zero-order valence-corrected chi connectivity index (χ0v) is 41.4. The summed E-state index contributed by atoms with van der Waals surface area (Å²) in [6.45, 7) is 0. The van der Waals surface area contributed by atoms with Crippen LogP contribution in [0, 0.1) is 0 Å². The predicted octanol–water partition coefficient (Wildman–Crippen LogP) is 20.8. The van der Waals surface area contributed by atoms with E-state index in [0.717, 1.165) is 28.2 Å². The highest BCUT2D eigenvalue weighted by atomic mass is 15.1. The third-order valence-corrected chi connectivity index (χ3v) is 14.7. The van der Waals surface area contributed by atoms with Crippen LogP contribution in [0.2, 0.25) is 0 Å². The van der Waals surface area contributed by atoms with Gasteiger partial charge in [0.15, 0.2) is 0 Å². The summed E-state index contributed by atoms with van der Waals surface area (Å²) in [7, 11) is 0. The predicted molar refractivity (Wildman–Crippen MR) is 320 cm³/mol. The molecule has 0 saturated heterocycles. The van der Waals surface area contributed by atoms with E-state index in [2.05, 4.69) is 314 Å². The first kappa shape index (κ1) is 45.1. The van der Waals surface area contributed by atoms with Crippen LogP contribution < -0.4 is 4.90 Å². The Hall–Kier alpha value is -9.82. The van der Waals surface area contributed by atoms with Crippen molar-refractivity contribution in [2.24, 2.45) is 0 Å². The Morgan fingerprint density at radius 3 is 1.04 bits per heavy atom. The number of anilines is 3. The minimum atomic E-state index is 1.06. The maximum Gasteiger partial charge on any atom is 0.0468 e. The van der Waals surface area contributed by atoms with E-state index < -0.39 is 0 Å². The van der Waals surface area contributed by atoms with Gasteiger partial charge in [-0.25, -0.2) is 0 Å². The van der Waals surface area contributed by atoms with E-state index in [-0.39, 0.29) is 0 Å². The molecule has 352 valence electrons. The summed E-state index contributed by atoms with van der Waals surface area (Å²) in [6, 6.07) is 113. The lowest BCUT2D eigenvalue weighted by atomic mass is 9.82. The van der Waals surface area contributed by atoms with Crippen LogP contribution in [-0.4, -0.2) is 0 Å². The second kappa shape index (κ2) is 20.0. The SMILES string of the molecule is c1ccc(-c2ccc(N(c3ccc(-c4cccc(-c5ccccc5)c4-c4ccccc4)cc3)c3ccc(-c4cccc5c4c(-c4ccccc4)c(-c4ccccc4)c4ccccc45)cc3)cc2-c2ccccc2)cc1. The highest BCUT2D eigenvalue weighted by Gasteiger charge is 2.22. The quantitative estimate of drug-likeness (QED) is 0.117. The highest BCUT2D eigenvalue weighted by Crippen LogP contribution is 2.49. The van der Waals surface area contributed by atoms with Gasteiger partial charge in [0.1, 0.15) is 0 Å². The molecule has 13 aromatic rings. The Labute approximate surface area is 439 Å². The topological polar surface area (TPSA) is 3.24 Å². The van der Waals surface area contributed by atoms with E-state index >= 15 is 0 Å². The zero-order valence-electron chi connectivity index (χ0n) is 41.4. The lowest BCUT2D eigenvalue weighted by molar-refractivity contribution is 1.28. The van der Waals surface area contributed by atoms with Gasteiger partial charge < -0.3 is 4.90 Å². The number of benzene rings is 13. The molecule has 0 heterocycles. The molecule has 13 rings (SSSR count). The molecule has 0 fully saturated rings. The van der Waals surface area contributed by atoms with Crippen molar-refractivity contribution in [3.05, 3.63) is 309 Å². The van der Waals surface area contributed by atoms with Gasteiger partial charge >= 0.3 is 0 Å². The van der Waals surface area contributed by atoms with Crippen LogP contribution in [-0.2, 0) is 0 Å². The summed E-state index contributed by atoms with van der Waals surface area (Å²) in [5.74, 6) is 0. The molecule has 0 atom stereocenters. The fourth-order valence-electron chi connectivity index (χ4n) is 11.3. The Kier molecular flexibility index (Phi) is 12.0. The van der Waals surface area contributed by atoms with Gasteiger partial charge in [-0.1, -0.05) is 273 Å². The first-order valence-electron chi connectivity index (χ1n) is 25.8. The van der Waals surface area contributed by atoms with E-state index in [9.17, 15) is 0 Å². The van der Waals surface area contributed by atoms with Crippen molar-refractivity contribution in [1.29, 1.82) is 0 Å². The smallest absolute Gasteiger partial charge is 0.0468 e. The van der Waals surface area contributed by atoms with Crippen molar-refractivity contribution in [1.82, 2.24) is 0 Å². The molecule has 0 N–H and O–H groups in total. The van der Waals surface area contributed by atoms with Gasteiger partial charge in [-0.15, -0.1) is 0 Å². The molecule has 0 aliphatic carbocycles. The van der Waals surface area contributed by atoms with Gasteiger partial charge in [0.2, 0.25) is 0 Å². The van der Waals surface area contributed by atoms with E-state index in [0.29, 0.717) is 0 Å². The monoisotopic (exact) mass is 953 g/mol. The van der Waals surface area contributed by atoms with Crippen molar-refractivity contribution < 1.29 is 0 Å². The lowest BCUT2D eigenvalue weighted by Gasteiger charge is -2.27. The van der Waals surface area contributed by atoms with E-state index in [1.54, 1.807) is 0 Å². The molecular formula is C74H51N. The van der Waals surface area contributed by atoms with E-state index in [1.807, 2.05) is 0 Å². The molecule has 0 spiro atoms. The average Bonchev–Trinajstić information content (AvgIpc) is 3.50. The van der Waals surface area contributed by atoms with Gasteiger partial charge in [0.25, 0.3) is 0 Å². The molecule has 0 aliphatic rings. The molecule has 1 nitrogen and oxygen atoms in total. The third kappa shape index (κ3) is 8.57. The van der Waals surface area contributed by atoms with Gasteiger partial charge in [-0.3, -0.25) is 0 Å². The number of fused-ring (bicyclic) bond motifs is 3. The van der Waals surface area contributed by atoms with Crippen molar-refractivity contribution in [3.8, 4) is 89.0 Å². The average molecular weight is 954 g/mol. The van der Waals surface area contributed by atoms with E-state index in [1.165, 1.54) is 99.4 Å². The number of rotatable bonds is 11. The van der Waals surface area contributed by atoms with Crippen molar-refractivity contribution in [3.63, 3.8) is 0 Å². The second-order valence-corrected chi connectivity index (χ2v) is 19.1. The zero-order chi connectivity index (χ0) is 49.9. The van der Waals surface area contributed by atoms with Gasteiger partial charge in [0.05, 0.1) is 0 Å². The number of hydrogen-bond donors (Lipinski definition) is 0. The van der Waals surface area contributed by atoms with Crippen LogP contribution in [0.4, 0.5) is 17.1 Å². The molecule has 0 radical (unpaired) electrons. The summed E-state index contributed by atoms with van der Waals surface area (Å²) in [4.78, 5) is 2.41. The maximum absolute atomic E-state index is 2.41. The largest absolute Gasteiger partial charge is 0.310 e. The summed E-state index contributed by atoms with van der Waals surface area (Å²) >= 11 is 0.